The Morgan fingerprint density at radius 3 is 2.18 bits per heavy atom. The molecule has 0 aliphatic rings. The Bertz CT molecular complexity index is 852. The monoisotopic (exact) mass is 385 g/mol. The minimum atomic E-state index is -0.959. The molecule has 0 heterocycles. The fourth-order valence-electron chi connectivity index (χ4n) is 2.81. The van der Waals surface area contributed by atoms with Gasteiger partial charge in [0.05, 0.1) is 0 Å². The Hall–Kier alpha value is -3.22. The molecule has 0 aromatic heterocycles. The van der Waals surface area contributed by atoms with E-state index in [0.717, 1.165) is 11.1 Å². The minimum absolute atomic E-state index is 0.0825. The molecule has 148 valence electrons. The van der Waals surface area contributed by atoms with Crippen LogP contribution < -0.4 is 16.4 Å². The van der Waals surface area contributed by atoms with Gasteiger partial charge in [0.1, 0.15) is 17.9 Å². The molecule has 28 heavy (non-hydrogen) atoms. The Morgan fingerprint density at radius 1 is 0.964 bits per heavy atom. The lowest BCUT2D eigenvalue weighted by Gasteiger charge is -2.22. The second-order valence-electron chi connectivity index (χ2n) is 6.74. The van der Waals surface area contributed by atoms with Gasteiger partial charge in [-0.3, -0.25) is 14.4 Å². The second kappa shape index (κ2) is 9.64. The first-order valence-corrected chi connectivity index (χ1v) is 8.91. The van der Waals surface area contributed by atoms with Gasteiger partial charge in [-0.15, -0.1) is 0 Å². The molecule has 2 rings (SSSR count). The summed E-state index contributed by atoms with van der Waals surface area (Å²) in [7, 11) is 0. The van der Waals surface area contributed by atoms with Gasteiger partial charge in [0.25, 0.3) is 0 Å². The lowest BCUT2D eigenvalue weighted by Crippen LogP contribution is -2.54. The number of amides is 3. The van der Waals surface area contributed by atoms with Crippen LogP contribution in [0.3, 0.4) is 0 Å². The summed E-state index contributed by atoms with van der Waals surface area (Å²) in [5.41, 5.74) is 7.91. The molecule has 0 spiro atoms. The molecular formula is C21H24FN3O3. The largest absolute Gasteiger partial charge is 0.368 e. The van der Waals surface area contributed by atoms with Crippen LogP contribution in [-0.2, 0) is 27.2 Å². The number of aryl methyl sites for hydroxylation is 1. The molecule has 7 heteroatoms. The fourth-order valence-corrected chi connectivity index (χ4v) is 2.81. The highest BCUT2D eigenvalue weighted by Crippen LogP contribution is 2.09. The minimum Gasteiger partial charge on any atom is -0.368 e. The van der Waals surface area contributed by atoms with Crippen molar-refractivity contribution in [2.75, 3.05) is 0 Å². The molecule has 2 aromatic rings. The van der Waals surface area contributed by atoms with Gasteiger partial charge >= 0.3 is 0 Å². The van der Waals surface area contributed by atoms with Gasteiger partial charge in [-0.1, -0.05) is 42.0 Å². The molecule has 0 unspecified atom stereocenters. The number of carbonyl (C=O) groups is 3. The maximum Gasteiger partial charge on any atom is 0.243 e. The summed E-state index contributed by atoms with van der Waals surface area (Å²) >= 11 is 0. The molecular weight excluding hydrogens is 361 g/mol. The summed E-state index contributed by atoms with van der Waals surface area (Å²) in [4.78, 5) is 36.0. The summed E-state index contributed by atoms with van der Waals surface area (Å²) in [5.74, 6) is -2.09. The van der Waals surface area contributed by atoms with Crippen molar-refractivity contribution >= 4 is 17.7 Å². The third-order valence-electron chi connectivity index (χ3n) is 4.24. The Kier molecular flexibility index (Phi) is 7.26. The van der Waals surface area contributed by atoms with Gasteiger partial charge in [0, 0.05) is 19.8 Å². The molecule has 0 aliphatic carbocycles. The zero-order chi connectivity index (χ0) is 20.7. The van der Waals surface area contributed by atoms with E-state index in [-0.39, 0.29) is 12.8 Å². The molecule has 0 aliphatic heterocycles. The van der Waals surface area contributed by atoms with E-state index in [2.05, 4.69) is 10.6 Å². The maximum atomic E-state index is 13.4. The van der Waals surface area contributed by atoms with Gasteiger partial charge in [-0.25, -0.2) is 4.39 Å². The maximum absolute atomic E-state index is 13.4. The van der Waals surface area contributed by atoms with E-state index in [1.54, 1.807) is 6.07 Å². The Morgan fingerprint density at radius 2 is 1.61 bits per heavy atom. The molecule has 4 N–H and O–H groups in total. The van der Waals surface area contributed by atoms with E-state index in [1.807, 2.05) is 31.2 Å². The first kappa shape index (κ1) is 21.1. The predicted octanol–water partition coefficient (Wildman–Crippen LogP) is 1.39. The van der Waals surface area contributed by atoms with Crippen molar-refractivity contribution in [2.45, 2.75) is 38.8 Å². The standard InChI is InChI=1S/C21H24FN3O3/c1-13-6-8-15(9-7-13)11-18(20(23)27)25-21(28)19(24-14(2)26)12-16-4-3-5-17(22)10-16/h3-10,18-19H,11-12H2,1-2H3,(H2,23,27)(H,24,26)(H,25,28)/t18-,19+/m0/s1. The van der Waals surface area contributed by atoms with Crippen LogP contribution in [0.2, 0.25) is 0 Å². The topological polar surface area (TPSA) is 101 Å². The second-order valence-corrected chi connectivity index (χ2v) is 6.74. The van der Waals surface area contributed by atoms with Crippen molar-refractivity contribution < 1.29 is 18.8 Å². The Labute approximate surface area is 163 Å². The lowest BCUT2D eigenvalue weighted by molar-refractivity contribution is -0.130. The highest BCUT2D eigenvalue weighted by molar-refractivity contribution is 5.91. The number of nitrogens with two attached hydrogens (primary N) is 1. The van der Waals surface area contributed by atoms with Crippen LogP contribution in [0.25, 0.3) is 0 Å². The number of hydrogen-bond acceptors (Lipinski definition) is 3. The summed E-state index contributed by atoms with van der Waals surface area (Å²) in [6.07, 6.45) is 0.313. The average Bonchev–Trinajstić information content (AvgIpc) is 2.62. The molecule has 0 fully saturated rings. The zero-order valence-electron chi connectivity index (χ0n) is 15.9. The van der Waals surface area contributed by atoms with E-state index in [9.17, 15) is 18.8 Å². The van der Waals surface area contributed by atoms with E-state index >= 15 is 0 Å². The van der Waals surface area contributed by atoms with Crippen molar-refractivity contribution in [3.63, 3.8) is 0 Å². The van der Waals surface area contributed by atoms with Crippen molar-refractivity contribution in [3.05, 3.63) is 71.0 Å². The average molecular weight is 385 g/mol. The SMILES string of the molecule is CC(=O)N[C@H](Cc1cccc(F)c1)C(=O)N[C@@H](Cc1ccc(C)cc1)C(N)=O. The van der Waals surface area contributed by atoms with Gasteiger partial charge in [0.15, 0.2) is 0 Å². The molecule has 0 radical (unpaired) electrons. The van der Waals surface area contributed by atoms with Crippen LogP contribution in [0.5, 0.6) is 0 Å². The number of nitrogens with one attached hydrogen (secondary N) is 2. The van der Waals surface area contributed by atoms with Crippen molar-refractivity contribution in [1.29, 1.82) is 0 Å². The molecule has 0 saturated heterocycles. The first-order chi connectivity index (χ1) is 13.2. The summed E-state index contributed by atoms with van der Waals surface area (Å²) in [6.45, 7) is 3.23. The lowest BCUT2D eigenvalue weighted by atomic mass is 10.0. The van der Waals surface area contributed by atoms with Gasteiger partial charge in [-0.05, 0) is 30.2 Å². The number of carbonyl (C=O) groups excluding carboxylic acids is 3. The smallest absolute Gasteiger partial charge is 0.243 e. The van der Waals surface area contributed by atoms with Crippen molar-refractivity contribution in [2.24, 2.45) is 5.73 Å². The van der Waals surface area contributed by atoms with Gasteiger partial charge in [0.2, 0.25) is 17.7 Å². The molecule has 0 bridgehead atoms. The number of halogens is 1. The van der Waals surface area contributed by atoms with Crippen LogP contribution in [0.4, 0.5) is 4.39 Å². The van der Waals surface area contributed by atoms with E-state index in [4.69, 9.17) is 5.73 Å². The third kappa shape index (κ3) is 6.50. The molecule has 2 aromatic carbocycles. The third-order valence-corrected chi connectivity index (χ3v) is 4.24. The zero-order valence-corrected chi connectivity index (χ0v) is 15.9. The highest BCUT2D eigenvalue weighted by atomic mass is 19.1. The number of rotatable bonds is 8. The summed E-state index contributed by atoms with van der Waals surface area (Å²) in [6, 6.07) is 11.4. The fraction of sp³-hybridized carbons (Fsp3) is 0.286. The van der Waals surface area contributed by atoms with E-state index < -0.39 is 35.6 Å². The molecule has 6 nitrogen and oxygen atoms in total. The molecule has 3 amide bonds. The van der Waals surface area contributed by atoms with Crippen LogP contribution in [0.15, 0.2) is 48.5 Å². The molecule has 0 saturated carbocycles. The van der Waals surface area contributed by atoms with E-state index in [0.29, 0.717) is 5.56 Å². The first-order valence-electron chi connectivity index (χ1n) is 8.91. The van der Waals surface area contributed by atoms with Crippen molar-refractivity contribution in [3.8, 4) is 0 Å². The Balaban J connectivity index is 2.12. The van der Waals surface area contributed by atoms with Gasteiger partial charge < -0.3 is 16.4 Å². The number of hydrogen-bond donors (Lipinski definition) is 3. The van der Waals surface area contributed by atoms with Crippen LogP contribution in [0, 0.1) is 12.7 Å². The van der Waals surface area contributed by atoms with E-state index in [1.165, 1.54) is 25.1 Å². The van der Waals surface area contributed by atoms with Crippen molar-refractivity contribution in [1.82, 2.24) is 10.6 Å². The van der Waals surface area contributed by atoms with Crippen LogP contribution in [0.1, 0.15) is 23.6 Å². The molecule has 2 atom stereocenters. The van der Waals surface area contributed by atoms with Gasteiger partial charge in [-0.2, -0.15) is 0 Å². The predicted molar refractivity (Wildman–Crippen MR) is 104 cm³/mol. The quantitative estimate of drug-likeness (QED) is 0.640. The highest BCUT2D eigenvalue weighted by Gasteiger charge is 2.25. The van der Waals surface area contributed by atoms with Crippen LogP contribution in [-0.4, -0.2) is 29.8 Å². The number of primary amides is 1. The summed E-state index contributed by atoms with van der Waals surface area (Å²) in [5, 5.41) is 5.14. The summed E-state index contributed by atoms with van der Waals surface area (Å²) < 4.78 is 13.4. The number of benzene rings is 2. The van der Waals surface area contributed by atoms with Crippen LogP contribution >= 0.6 is 0 Å². The normalized spacial score (nSPS) is 12.7.